The molecule has 0 aliphatic heterocycles. The topological polar surface area (TPSA) is 104 Å². The van der Waals surface area contributed by atoms with Gasteiger partial charge in [0.25, 0.3) is 0 Å². The number of carbonyl (C=O) groups is 2. The van der Waals surface area contributed by atoms with Gasteiger partial charge in [0.2, 0.25) is 21.8 Å². The zero-order valence-electron chi connectivity index (χ0n) is 19.5. The molecule has 0 saturated carbocycles. The minimum Gasteiger partial charge on any atom is -0.348 e. The van der Waals surface area contributed by atoms with Crippen molar-refractivity contribution in [2.24, 2.45) is 0 Å². The number of nitrogens with one attached hydrogen (secondary N) is 3. The third-order valence-corrected chi connectivity index (χ3v) is 6.90. The predicted octanol–water partition coefficient (Wildman–Crippen LogP) is 3.94. The number of anilines is 1. The molecule has 2 atom stereocenters. The molecule has 2 unspecified atom stereocenters. The van der Waals surface area contributed by atoms with Gasteiger partial charge in [-0.15, -0.1) is 0 Å². The van der Waals surface area contributed by atoms with E-state index in [1.54, 1.807) is 62.4 Å². The first-order chi connectivity index (χ1) is 16.7. The van der Waals surface area contributed by atoms with Crippen molar-refractivity contribution in [2.75, 3.05) is 5.32 Å². The Balaban J connectivity index is 1.78. The molecule has 0 aliphatic rings. The maximum atomic E-state index is 14.2. The SMILES string of the molecule is CCC(=O)Nc1ccc(C(C)NC(=O)C(Cc2ccccc2)NS(=O)(=O)c2ccccc2F)cc1. The summed E-state index contributed by atoms with van der Waals surface area (Å²) in [7, 11) is -4.30. The van der Waals surface area contributed by atoms with Gasteiger partial charge in [0, 0.05) is 12.1 Å². The molecule has 0 bridgehead atoms. The summed E-state index contributed by atoms with van der Waals surface area (Å²) in [6, 6.07) is 19.3. The highest BCUT2D eigenvalue weighted by atomic mass is 32.2. The lowest BCUT2D eigenvalue weighted by molar-refractivity contribution is -0.123. The van der Waals surface area contributed by atoms with Crippen LogP contribution in [0.3, 0.4) is 0 Å². The molecular formula is C26H28FN3O4S. The minimum atomic E-state index is -4.30. The van der Waals surface area contributed by atoms with Crippen molar-refractivity contribution < 1.29 is 22.4 Å². The van der Waals surface area contributed by atoms with E-state index in [2.05, 4.69) is 15.4 Å². The van der Waals surface area contributed by atoms with E-state index < -0.39 is 38.7 Å². The van der Waals surface area contributed by atoms with Crippen LogP contribution in [-0.4, -0.2) is 26.3 Å². The molecule has 0 spiro atoms. The lowest BCUT2D eigenvalue weighted by Crippen LogP contribution is -2.48. The van der Waals surface area contributed by atoms with Gasteiger partial charge < -0.3 is 10.6 Å². The van der Waals surface area contributed by atoms with E-state index in [1.165, 1.54) is 12.1 Å². The Morgan fingerprint density at radius 2 is 1.54 bits per heavy atom. The Bertz CT molecular complexity index is 1270. The largest absolute Gasteiger partial charge is 0.348 e. The van der Waals surface area contributed by atoms with Crippen LogP contribution in [0.1, 0.15) is 37.4 Å². The van der Waals surface area contributed by atoms with Crippen molar-refractivity contribution in [3.05, 3.63) is 95.8 Å². The van der Waals surface area contributed by atoms with Gasteiger partial charge in [-0.3, -0.25) is 9.59 Å². The van der Waals surface area contributed by atoms with Crippen LogP contribution in [0.2, 0.25) is 0 Å². The molecule has 0 aromatic heterocycles. The molecular weight excluding hydrogens is 469 g/mol. The van der Waals surface area contributed by atoms with Gasteiger partial charge >= 0.3 is 0 Å². The van der Waals surface area contributed by atoms with E-state index in [0.717, 1.165) is 23.3 Å². The highest BCUT2D eigenvalue weighted by Crippen LogP contribution is 2.18. The summed E-state index contributed by atoms with van der Waals surface area (Å²) >= 11 is 0. The Morgan fingerprint density at radius 3 is 2.17 bits per heavy atom. The number of halogens is 1. The van der Waals surface area contributed by atoms with Crippen LogP contribution in [0, 0.1) is 5.82 Å². The van der Waals surface area contributed by atoms with Crippen molar-refractivity contribution in [3.8, 4) is 0 Å². The molecule has 7 nitrogen and oxygen atoms in total. The summed E-state index contributed by atoms with van der Waals surface area (Å²) < 4.78 is 42.3. The maximum Gasteiger partial charge on any atom is 0.244 e. The zero-order chi connectivity index (χ0) is 25.4. The highest BCUT2D eigenvalue weighted by molar-refractivity contribution is 7.89. The fourth-order valence-corrected chi connectivity index (χ4v) is 4.73. The van der Waals surface area contributed by atoms with E-state index in [-0.39, 0.29) is 12.3 Å². The van der Waals surface area contributed by atoms with Crippen LogP contribution in [0.4, 0.5) is 10.1 Å². The Hall–Kier alpha value is -3.56. The number of benzene rings is 3. The molecule has 0 fully saturated rings. The smallest absolute Gasteiger partial charge is 0.244 e. The number of hydrogen-bond acceptors (Lipinski definition) is 4. The van der Waals surface area contributed by atoms with Crippen LogP contribution < -0.4 is 15.4 Å². The summed E-state index contributed by atoms with van der Waals surface area (Å²) in [5.41, 5.74) is 2.15. The Kier molecular flexibility index (Phi) is 8.73. The van der Waals surface area contributed by atoms with Gasteiger partial charge in [0.05, 0.1) is 6.04 Å². The standard InChI is InChI=1S/C26H28FN3O4S/c1-3-25(31)29-21-15-13-20(14-16-21)18(2)28-26(32)23(17-19-9-5-4-6-10-19)30-35(33,34)24-12-8-7-11-22(24)27/h4-16,18,23,30H,3,17H2,1-2H3,(H,28,32)(H,29,31). The van der Waals surface area contributed by atoms with Crippen LogP contribution in [-0.2, 0) is 26.0 Å². The quantitative estimate of drug-likeness (QED) is 0.395. The van der Waals surface area contributed by atoms with E-state index in [1.807, 2.05) is 6.07 Å². The molecule has 3 N–H and O–H groups in total. The Labute approximate surface area is 204 Å². The predicted molar refractivity (Wildman–Crippen MR) is 133 cm³/mol. The van der Waals surface area contributed by atoms with E-state index in [4.69, 9.17) is 0 Å². The van der Waals surface area contributed by atoms with Gasteiger partial charge in [-0.2, -0.15) is 4.72 Å². The van der Waals surface area contributed by atoms with Crippen molar-refractivity contribution in [1.82, 2.24) is 10.0 Å². The molecule has 0 heterocycles. The second-order valence-electron chi connectivity index (χ2n) is 8.05. The summed E-state index contributed by atoms with van der Waals surface area (Å²) in [5, 5.41) is 5.59. The summed E-state index contributed by atoms with van der Waals surface area (Å²) in [6.07, 6.45) is 0.439. The molecule has 3 rings (SSSR count). The molecule has 3 aromatic rings. The van der Waals surface area contributed by atoms with Gasteiger partial charge in [-0.1, -0.05) is 61.5 Å². The fraction of sp³-hybridized carbons (Fsp3) is 0.231. The summed E-state index contributed by atoms with van der Waals surface area (Å²) in [6.45, 7) is 3.52. The molecule has 3 aromatic carbocycles. The number of hydrogen-bond donors (Lipinski definition) is 3. The van der Waals surface area contributed by atoms with Crippen LogP contribution in [0.25, 0.3) is 0 Å². The van der Waals surface area contributed by atoms with E-state index >= 15 is 0 Å². The monoisotopic (exact) mass is 497 g/mol. The number of amides is 2. The van der Waals surface area contributed by atoms with Gasteiger partial charge in [0.1, 0.15) is 16.8 Å². The fourth-order valence-electron chi connectivity index (χ4n) is 3.45. The molecule has 0 radical (unpaired) electrons. The second-order valence-corrected chi connectivity index (χ2v) is 9.73. The molecule has 35 heavy (non-hydrogen) atoms. The summed E-state index contributed by atoms with van der Waals surface area (Å²) in [5.74, 6) is -1.56. The van der Waals surface area contributed by atoms with Crippen molar-refractivity contribution in [1.29, 1.82) is 0 Å². The number of carbonyl (C=O) groups excluding carboxylic acids is 2. The molecule has 0 saturated heterocycles. The summed E-state index contributed by atoms with van der Waals surface area (Å²) in [4.78, 5) is 24.2. The van der Waals surface area contributed by atoms with E-state index in [9.17, 15) is 22.4 Å². The van der Waals surface area contributed by atoms with Gasteiger partial charge in [0.15, 0.2) is 0 Å². The zero-order valence-corrected chi connectivity index (χ0v) is 20.3. The van der Waals surface area contributed by atoms with Crippen molar-refractivity contribution in [3.63, 3.8) is 0 Å². The normalized spacial score (nSPS) is 13.0. The van der Waals surface area contributed by atoms with Crippen LogP contribution >= 0.6 is 0 Å². The number of rotatable bonds is 10. The molecule has 9 heteroatoms. The molecule has 0 aliphatic carbocycles. The van der Waals surface area contributed by atoms with E-state index in [0.29, 0.717) is 12.1 Å². The first kappa shape index (κ1) is 26.1. The average molecular weight is 498 g/mol. The first-order valence-corrected chi connectivity index (χ1v) is 12.7. The van der Waals surface area contributed by atoms with Crippen LogP contribution in [0.5, 0.6) is 0 Å². The number of sulfonamides is 1. The molecule has 2 amide bonds. The third kappa shape index (κ3) is 7.21. The maximum absolute atomic E-state index is 14.2. The second kappa shape index (κ2) is 11.7. The van der Waals surface area contributed by atoms with Crippen molar-refractivity contribution >= 4 is 27.5 Å². The van der Waals surface area contributed by atoms with Crippen molar-refractivity contribution in [2.45, 2.75) is 43.7 Å². The highest BCUT2D eigenvalue weighted by Gasteiger charge is 2.28. The lowest BCUT2D eigenvalue weighted by Gasteiger charge is -2.22. The average Bonchev–Trinajstić information content (AvgIpc) is 2.84. The molecule has 184 valence electrons. The lowest BCUT2D eigenvalue weighted by atomic mass is 10.0. The Morgan fingerprint density at radius 1 is 0.914 bits per heavy atom. The van der Waals surface area contributed by atoms with Gasteiger partial charge in [-0.25, -0.2) is 12.8 Å². The minimum absolute atomic E-state index is 0.0784. The third-order valence-electron chi connectivity index (χ3n) is 5.40. The van der Waals surface area contributed by atoms with Gasteiger partial charge in [-0.05, 0) is 48.7 Å². The van der Waals surface area contributed by atoms with Crippen LogP contribution in [0.15, 0.2) is 83.8 Å². The first-order valence-electron chi connectivity index (χ1n) is 11.2.